The number of anilines is 1. The summed E-state index contributed by atoms with van der Waals surface area (Å²) in [5.41, 5.74) is 4.42. The van der Waals surface area contributed by atoms with Crippen molar-refractivity contribution in [3.63, 3.8) is 0 Å². The van der Waals surface area contributed by atoms with Crippen molar-refractivity contribution in [1.82, 2.24) is 9.97 Å². The van der Waals surface area contributed by atoms with Crippen LogP contribution in [0.25, 0.3) is 11.0 Å². The molecule has 0 aromatic carbocycles. The highest BCUT2D eigenvalue weighted by Crippen LogP contribution is 2.13. The first-order valence-corrected chi connectivity index (χ1v) is 3.30. The summed E-state index contributed by atoms with van der Waals surface area (Å²) >= 11 is 0. The molecule has 11 heavy (non-hydrogen) atoms. The van der Waals surface area contributed by atoms with Crippen LogP contribution in [0.1, 0.15) is 0 Å². The molecule has 0 aliphatic carbocycles. The van der Waals surface area contributed by atoms with Crippen molar-refractivity contribution in [3.05, 3.63) is 24.4 Å². The molecule has 0 bridgehead atoms. The van der Waals surface area contributed by atoms with Gasteiger partial charge in [0, 0.05) is 12.3 Å². The number of hydrazine groups is 1. The fraction of sp³-hybridized carbons (Fsp3) is 0. The number of hydrogen-bond donors (Lipinski definition) is 3. The van der Waals surface area contributed by atoms with Crippen LogP contribution >= 0.6 is 0 Å². The number of aromatic nitrogens is 2. The van der Waals surface area contributed by atoms with E-state index in [0.717, 1.165) is 16.9 Å². The second-order valence-electron chi connectivity index (χ2n) is 2.26. The SMILES string of the molecule is NNc1cc2ncccc2[nH]1. The second kappa shape index (κ2) is 2.25. The standard InChI is InChI=1S/C7H8N4/c8-11-7-4-6-5(10-7)2-1-3-9-6/h1-4,10-11H,8H2. The summed E-state index contributed by atoms with van der Waals surface area (Å²) in [5, 5.41) is 0. The smallest absolute Gasteiger partial charge is 0.120 e. The normalized spacial score (nSPS) is 10.3. The zero-order chi connectivity index (χ0) is 7.68. The van der Waals surface area contributed by atoms with Gasteiger partial charge in [0.25, 0.3) is 0 Å². The number of nitrogens with one attached hydrogen (secondary N) is 2. The molecule has 2 heterocycles. The maximum absolute atomic E-state index is 5.20. The third-order valence-electron chi connectivity index (χ3n) is 1.54. The highest BCUT2D eigenvalue weighted by molar-refractivity contribution is 5.79. The van der Waals surface area contributed by atoms with Gasteiger partial charge in [0.15, 0.2) is 0 Å². The van der Waals surface area contributed by atoms with Gasteiger partial charge in [-0.3, -0.25) is 4.98 Å². The predicted molar refractivity (Wildman–Crippen MR) is 43.9 cm³/mol. The van der Waals surface area contributed by atoms with E-state index in [1.165, 1.54) is 0 Å². The van der Waals surface area contributed by atoms with Crippen LogP contribution < -0.4 is 11.3 Å². The summed E-state index contributed by atoms with van der Waals surface area (Å²) in [7, 11) is 0. The van der Waals surface area contributed by atoms with E-state index in [1.807, 2.05) is 18.2 Å². The van der Waals surface area contributed by atoms with Gasteiger partial charge in [0.1, 0.15) is 5.82 Å². The van der Waals surface area contributed by atoms with Gasteiger partial charge in [-0.15, -0.1) is 0 Å². The Morgan fingerprint density at radius 3 is 3.18 bits per heavy atom. The maximum Gasteiger partial charge on any atom is 0.120 e. The minimum Gasteiger partial charge on any atom is -0.339 e. The molecule has 0 spiro atoms. The summed E-state index contributed by atoms with van der Waals surface area (Å²) in [5.74, 6) is 5.98. The molecule has 0 atom stereocenters. The van der Waals surface area contributed by atoms with Gasteiger partial charge >= 0.3 is 0 Å². The molecule has 0 aliphatic rings. The number of nitrogen functional groups attached to an aromatic ring is 1. The molecular formula is C7H8N4. The highest BCUT2D eigenvalue weighted by Gasteiger charge is 1.96. The van der Waals surface area contributed by atoms with Crippen LogP contribution in [-0.4, -0.2) is 9.97 Å². The zero-order valence-electron chi connectivity index (χ0n) is 5.83. The minimum absolute atomic E-state index is 0.777. The first kappa shape index (κ1) is 6.18. The minimum atomic E-state index is 0.777. The number of fused-ring (bicyclic) bond motifs is 1. The van der Waals surface area contributed by atoms with Crippen molar-refractivity contribution < 1.29 is 0 Å². The summed E-state index contributed by atoms with van der Waals surface area (Å²) in [6.07, 6.45) is 1.75. The average molecular weight is 148 g/mol. The van der Waals surface area contributed by atoms with Crippen molar-refractivity contribution in [2.45, 2.75) is 0 Å². The Balaban J connectivity index is 2.69. The summed E-state index contributed by atoms with van der Waals surface area (Å²) < 4.78 is 0. The van der Waals surface area contributed by atoms with Crippen molar-refractivity contribution in [2.24, 2.45) is 5.84 Å². The average Bonchev–Trinajstić information content (AvgIpc) is 2.46. The lowest BCUT2D eigenvalue weighted by atomic mass is 10.4. The molecule has 0 radical (unpaired) electrons. The fourth-order valence-electron chi connectivity index (χ4n) is 1.03. The fourth-order valence-corrected chi connectivity index (χ4v) is 1.03. The number of nitrogens with two attached hydrogens (primary N) is 1. The Morgan fingerprint density at radius 2 is 2.45 bits per heavy atom. The summed E-state index contributed by atoms with van der Waals surface area (Å²) in [4.78, 5) is 7.17. The van der Waals surface area contributed by atoms with Gasteiger partial charge in [-0.1, -0.05) is 0 Å². The molecule has 2 aromatic rings. The first-order chi connectivity index (χ1) is 5.40. The Labute approximate surface area is 63.4 Å². The van der Waals surface area contributed by atoms with Gasteiger partial charge in [-0.05, 0) is 12.1 Å². The van der Waals surface area contributed by atoms with Gasteiger partial charge in [0.2, 0.25) is 0 Å². The number of hydrogen-bond acceptors (Lipinski definition) is 3. The van der Waals surface area contributed by atoms with Crippen LogP contribution in [0.4, 0.5) is 5.82 Å². The van der Waals surface area contributed by atoms with E-state index in [9.17, 15) is 0 Å². The zero-order valence-corrected chi connectivity index (χ0v) is 5.83. The van der Waals surface area contributed by atoms with Crippen LogP contribution in [0.2, 0.25) is 0 Å². The van der Waals surface area contributed by atoms with E-state index in [0.29, 0.717) is 0 Å². The number of pyridine rings is 1. The molecule has 0 saturated heterocycles. The Kier molecular flexibility index (Phi) is 1.26. The van der Waals surface area contributed by atoms with Crippen LogP contribution in [0.3, 0.4) is 0 Å². The predicted octanol–water partition coefficient (Wildman–Crippen LogP) is 0.849. The number of nitrogens with zero attached hydrogens (tertiary/aromatic N) is 1. The Morgan fingerprint density at radius 1 is 1.55 bits per heavy atom. The lowest BCUT2D eigenvalue weighted by molar-refractivity contribution is 1.29. The number of rotatable bonds is 1. The summed E-state index contributed by atoms with van der Waals surface area (Å²) in [6, 6.07) is 5.68. The van der Waals surface area contributed by atoms with Crippen molar-refractivity contribution in [1.29, 1.82) is 0 Å². The van der Waals surface area contributed by atoms with Gasteiger partial charge in [-0.2, -0.15) is 0 Å². The molecule has 2 rings (SSSR count). The maximum atomic E-state index is 5.20. The molecule has 2 aromatic heterocycles. The van der Waals surface area contributed by atoms with E-state index in [2.05, 4.69) is 15.4 Å². The molecule has 4 nitrogen and oxygen atoms in total. The largest absolute Gasteiger partial charge is 0.339 e. The van der Waals surface area contributed by atoms with Crippen LogP contribution in [0.15, 0.2) is 24.4 Å². The molecule has 0 aliphatic heterocycles. The highest BCUT2D eigenvalue weighted by atomic mass is 15.2. The van der Waals surface area contributed by atoms with Crippen LogP contribution in [0.5, 0.6) is 0 Å². The molecule has 0 unspecified atom stereocenters. The van der Waals surface area contributed by atoms with E-state index < -0.39 is 0 Å². The molecule has 0 amide bonds. The van der Waals surface area contributed by atoms with Crippen molar-refractivity contribution in [2.75, 3.05) is 5.43 Å². The quantitative estimate of drug-likeness (QED) is 0.415. The second-order valence-corrected chi connectivity index (χ2v) is 2.26. The lowest BCUT2D eigenvalue weighted by Crippen LogP contribution is -2.06. The molecular weight excluding hydrogens is 140 g/mol. The summed E-state index contributed by atoms with van der Waals surface area (Å²) in [6.45, 7) is 0. The molecule has 4 N–H and O–H groups in total. The molecule has 4 heteroatoms. The van der Waals surface area contributed by atoms with Crippen LogP contribution in [-0.2, 0) is 0 Å². The molecule has 56 valence electrons. The Hall–Kier alpha value is -1.55. The Bertz CT molecular complexity index is 332. The van der Waals surface area contributed by atoms with E-state index in [-0.39, 0.29) is 0 Å². The monoisotopic (exact) mass is 148 g/mol. The number of aromatic amines is 1. The molecule has 0 saturated carbocycles. The third-order valence-corrected chi connectivity index (χ3v) is 1.54. The van der Waals surface area contributed by atoms with E-state index >= 15 is 0 Å². The van der Waals surface area contributed by atoms with Crippen molar-refractivity contribution >= 4 is 16.9 Å². The van der Waals surface area contributed by atoms with Crippen LogP contribution in [0, 0.1) is 0 Å². The topological polar surface area (TPSA) is 66.7 Å². The van der Waals surface area contributed by atoms with Crippen molar-refractivity contribution in [3.8, 4) is 0 Å². The molecule has 0 fully saturated rings. The number of H-pyrrole nitrogens is 1. The lowest BCUT2D eigenvalue weighted by Gasteiger charge is -1.88. The van der Waals surface area contributed by atoms with Gasteiger partial charge in [0.05, 0.1) is 11.0 Å². The van der Waals surface area contributed by atoms with E-state index in [4.69, 9.17) is 5.84 Å². The van der Waals surface area contributed by atoms with Gasteiger partial charge < -0.3 is 10.4 Å². The van der Waals surface area contributed by atoms with E-state index in [1.54, 1.807) is 6.20 Å². The van der Waals surface area contributed by atoms with Gasteiger partial charge in [-0.25, -0.2) is 5.84 Å². The first-order valence-electron chi connectivity index (χ1n) is 3.30. The third kappa shape index (κ3) is 0.929.